The number of rotatable bonds is 11. The Kier molecular flexibility index (Phi) is 9.68. The molecule has 1 aliphatic carbocycles. The monoisotopic (exact) mass is 462 g/mol. The molecule has 0 heterocycles. The van der Waals surface area contributed by atoms with Crippen molar-refractivity contribution in [3.8, 4) is 0 Å². The van der Waals surface area contributed by atoms with Crippen LogP contribution >= 0.6 is 0 Å². The molecule has 0 aromatic rings. The van der Waals surface area contributed by atoms with Crippen LogP contribution in [0.25, 0.3) is 0 Å². The van der Waals surface area contributed by atoms with Crippen molar-refractivity contribution in [1.82, 2.24) is 0 Å². The van der Waals surface area contributed by atoms with Crippen molar-refractivity contribution in [3.05, 3.63) is 0 Å². The van der Waals surface area contributed by atoms with Gasteiger partial charge in [0.1, 0.15) is 0 Å². The fourth-order valence-electron chi connectivity index (χ4n) is 6.23. The third-order valence-corrected chi connectivity index (χ3v) is 8.71. The quantitative estimate of drug-likeness (QED) is 0.191. The fourth-order valence-corrected chi connectivity index (χ4v) is 6.86. The van der Waals surface area contributed by atoms with Crippen molar-refractivity contribution >= 4 is 10.4 Å². The zero-order chi connectivity index (χ0) is 24.2. The lowest BCUT2D eigenvalue weighted by Gasteiger charge is -2.63. The molecule has 0 aliphatic heterocycles. The van der Waals surface area contributed by atoms with E-state index in [1.54, 1.807) is 0 Å². The maximum Gasteiger partial charge on any atom is 0.400 e. The van der Waals surface area contributed by atoms with Crippen molar-refractivity contribution in [2.45, 2.75) is 138 Å². The van der Waals surface area contributed by atoms with E-state index >= 15 is 0 Å². The zero-order valence-electron chi connectivity index (χ0n) is 21.5. The van der Waals surface area contributed by atoms with Gasteiger partial charge in [0.25, 0.3) is 0 Å². The molecule has 0 radical (unpaired) electrons. The molecule has 5 nitrogen and oxygen atoms in total. The van der Waals surface area contributed by atoms with Gasteiger partial charge in [-0.15, -0.1) is 0 Å². The third-order valence-electron chi connectivity index (χ3n) is 8.22. The lowest BCUT2D eigenvalue weighted by molar-refractivity contribution is -0.280. The predicted molar refractivity (Wildman–Crippen MR) is 128 cm³/mol. The molecule has 1 rings (SSSR count). The van der Waals surface area contributed by atoms with E-state index in [0.29, 0.717) is 19.3 Å². The smallest absolute Gasteiger partial charge is 0.364 e. The lowest BCUT2D eigenvalue weighted by atomic mass is 9.43. The number of hydrogen-bond acceptors (Lipinski definition) is 4. The van der Waals surface area contributed by atoms with E-state index in [9.17, 15) is 18.1 Å². The molecule has 0 saturated heterocycles. The van der Waals surface area contributed by atoms with Gasteiger partial charge in [-0.3, -0.25) is 4.55 Å². The first-order chi connectivity index (χ1) is 13.9. The SMILES string of the molecule is CCCCCCCCCCC1(C)CC(C(C)(C)C)(C(C)(C)C)CCC1(O)OS(=O)(=O)O. The summed E-state index contributed by atoms with van der Waals surface area (Å²) in [5.74, 6) is -1.89. The molecular formula is C25H50O5S. The van der Waals surface area contributed by atoms with Crippen molar-refractivity contribution < 1.29 is 22.3 Å². The molecule has 1 fully saturated rings. The molecular weight excluding hydrogens is 412 g/mol. The van der Waals surface area contributed by atoms with Crippen LogP contribution in [0.2, 0.25) is 0 Å². The minimum absolute atomic E-state index is 0.0365. The Bertz CT molecular complexity index is 644. The first-order valence-corrected chi connectivity index (χ1v) is 13.7. The van der Waals surface area contributed by atoms with Gasteiger partial charge in [0.05, 0.1) is 0 Å². The summed E-state index contributed by atoms with van der Waals surface area (Å²) in [7, 11) is -4.76. The largest absolute Gasteiger partial charge is 0.400 e. The van der Waals surface area contributed by atoms with Gasteiger partial charge in [0.15, 0.2) is 5.79 Å². The summed E-state index contributed by atoms with van der Waals surface area (Å²) < 4.78 is 37.7. The Balaban J connectivity index is 3.07. The van der Waals surface area contributed by atoms with Gasteiger partial charge in [-0.1, -0.05) is 107 Å². The number of hydrogen-bond donors (Lipinski definition) is 2. The van der Waals surface area contributed by atoms with Crippen molar-refractivity contribution in [3.63, 3.8) is 0 Å². The van der Waals surface area contributed by atoms with E-state index in [2.05, 4.69) is 48.5 Å². The Labute approximate surface area is 192 Å². The second-order valence-electron chi connectivity index (χ2n) is 12.3. The maximum absolute atomic E-state index is 11.6. The van der Waals surface area contributed by atoms with E-state index < -0.39 is 21.6 Å². The van der Waals surface area contributed by atoms with Crippen molar-refractivity contribution in [2.75, 3.05) is 0 Å². The van der Waals surface area contributed by atoms with Gasteiger partial charge in [-0.05, 0) is 35.5 Å². The summed E-state index contributed by atoms with van der Waals surface area (Å²) >= 11 is 0. The second-order valence-corrected chi connectivity index (χ2v) is 13.4. The van der Waals surface area contributed by atoms with Crippen LogP contribution in [0.4, 0.5) is 0 Å². The highest BCUT2D eigenvalue weighted by molar-refractivity contribution is 7.80. The Morgan fingerprint density at radius 3 is 1.71 bits per heavy atom. The van der Waals surface area contributed by atoms with Gasteiger partial charge in [-0.2, -0.15) is 8.42 Å². The fraction of sp³-hybridized carbons (Fsp3) is 1.00. The molecule has 2 atom stereocenters. The Morgan fingerprint density at radius 2 is 1.29 bits per heavy atom. The van der Waals surface area contributed by atoms with Crippen LogP contribution in [0.3, 0.4) is 0 Å². The minimum atomic E-state index is -4.76. The summed E-state index contributed by atoms with van der Waals surface area (Å²) in [6, 6.07) is 0. The molecule has 0 bridgehead atoms. The zero-order valence-corrected chi connectivity index (χ0v) is 22.3. The van der Waals surface area contributed by atoms with Crippen LogP contribution in [0.15, 0.2) is 0 Å². The van der Waals surface area contributed by atoms with E-state index in [0.717, 1.165) is 19.3 Å². The molecule has 2 unspecified atom stereocenters. The summed E-state index contributed by atoms with van der Waals surface area (Å²) in [6.45, 7) is 17.6. The molecule has 1 aliphatic rings. The number of unbranched alkanes of at least 4 members (excludes halogenated alkanes) is 7. The minimum Gasteiger partial charge on any atom is -0.364 e. The first-order valence-electron chi connectivity index (χ1n) is 12.3. The Morgan fingerprint density at radius 1 is 0.839 bits per heavy atom. The van der Waals surface area contributed by atoms with E-state index in [-0.39, 0.29) is 22.7 Å². The van der Waals surface area contributed by atoms with Crippen LogP contribution in [0.1, 0.15) is 132 Å². The predicted octanol–water partition coefficient (Wildman–Crippen LogP) is 7.29. The molecule has 2 N–H and O–H groups in total. The summed E-state index contributed by atoms with van der Waals surface area (Å²) in [5, 5.41) is 11.4. The lowest BCUT2D eigenvalue weighted by Crippen LogP contribution is -2.61. The molecule has 0 aromatic heterocycles. The highest BCUT2D eigenvalue weighted by Gasteiger charge is 2.63. The van der Waals surface area contributed by atoms with Gasteiger partial charge < -0.3 is 5.11 Å². The van der Waals surface area contributed by atoms with E-state index in [1.807, 2.05) is 6.92 Å². The first kappa shape index (κ1) is 28.9. The van der Waals surface area contributed by atoms with E-state index in [1.165, 1.54) is 32.1 Å². The van der Waals surface area contributed by atoms with Gasteiger partial charge >= 0.3 is 10.4 Å². The van der Waals surface area contributed by atoms with Crippen LogP contribution in [-0.4, -0.2) is 23.9 Å². The van der Waals surface area contributed by atoms with Crippen LogP contribution in [0, 0.1) is 21.7 Å². The topological polar surface area (TPSA) is 83.8 Å². The van der Waals surface area contributed by atoms with Crippen LogP contribution in [0.5, 0.6) is 0 Å². The average molecular weight is 463 g/mol. The molecule has 0 amide bonds. The second kappa shape index (κ2) is 10.4. The van der Waals surface area contributed by atoms with Crippen molar-refractivity contribution in [1.29, 1.82) is 0 Å². The van der Waals surface area contributed by atoms with Gasteiger partial charge in [0.2, 0.25) is 0 Å². The summed E-state index contributed by atoms with van der Waals surface area (Å²) in [5.41, 5.74) is -0.954. The third kappa shape index (κ3) is 7.15. The van der Waals surface area contributed by atoms with E-state index in [4.69, 9.17) is 4.18 Å². The van der Waals surface area contributed by atoms with Gasteiger partial charge in [0, 0.05) is 11.8 Å². The molecule has 6 heteroatoms. The highest BCUT2D eigenvalue weighted by atomic mass is 32.3. The normalized spacial score (nSPS) is 27.4. The molecule has 186 valence electrons. The molecule has 0 aromatic carbocycles. The summed E-state index contributed by atoms with van der Waals surface area (Å²) in [4.78, 5) is 0. The highest BCUT2D eigenvalue weighted by Crippen LogP contribution is 2.66. The van der Waals surface area contributed by atoms with Gasteiger partial charge in [-0.25, -0.2) is 4.18 Å². The molecule has 1 saturated carbocycles. The van der Waals surface area contributed by atoms with Crippen molar-refractivity contribution in [2.24, 2.45) is 21.7 Å². The molecule has 0 spiro atoms. The van der Waals surface area contributed by atoms with Crippen LogP contribution < -0.4 is 0 Å². The summed E-state index contributed by atoms with van der Waals surface area (Å²) in [6.07, 6.45) is 11.6. The Hall–Kier alpha value is -0.170. The molecule has 31 heavy (non-hydrogen) atoms. The average Bonchev–Trinajstić information content (AvgIpc) is 2.56. The maximum atomic E-state index is 11.6. The standard InChI is InChI=1S/C25H50O5S/c1-9-10-11-12-13-14-15-16-17-23(8)20-24(21(2,3)4,22(5,6)7)18-19-25(23,26)30-31(27,28)29/h26H,9-20H2,1-8H3,(H,27,28,29). The van der Waals surface area contributed by atoms with Crippen LogP contribution in [-0.2, 0) is 14.6 Å². The number of aliphatic hydroxyl groups is 1.